The Balaban J connectivity index is 2.12. The predicted octanol–water partition coefficient (Wildman–Crippen LogP) is 4.37. The molecule has 1 aromatic carbocycles. The molecule has 0 amide bonds. The molecule has 0 saturated heterocycles. The number of hydrogen-bond donors (Lipinski definition) is 1. The third-order valence-electron chi connectivity index (χ3n) is 3.69. The average molecular weight is 308 g/mol. The van der Waals surface area contributed by atoms with Crippen LogP contribution in [-0.4, -0.2) is 20.5 Å². The van der Waals surface area contributed by atoms with Gasteiger partial charge >= 0.3 is 5.97 Å². The fraction of sp³-hybridized carbons (Fsp3) is 0.176. The molecule has 0 aliphatic heterocycles. The van der Waals surface area contributed by atoms with Gasteiger partial charge in [0.2, 0.25) is 0 Å². The molecule has 0 spiro atoms. The van der Waals surface area contributed by atoms with Crippen LogP contribution in [0.4, 0.5) is 11.5 Å². The summed E-state index contributed by atoms with van der Waals surface area (Å²) >= 11 is 0. The summed E-state index contributed by atoms with van der Waals surface area (Å²) in [5.74, 6) is -0.457. The minimum Gasteiger partial charge on any atom is -0.478 e. The van der Waals surface area contributed by atoms with Gasteiger partial charge in [0.25, 0.3) is 0 Å². The van der Waals surface area contributed by atoms with Crippen molar-refractivity contribution in [2.45, 2.75) is 20.8 Å². The highest BCUT2D eigenvalue weighted by atomic mass is 16.4. The molecule has 0 fully saturated rings. The van der Waals surface area contributed by atoms with E-state index in [2.05, 4.69) is 15.2 Å². The van der Waals surface area contributed by atoms with Crippen molar-refractivity contribution in [3.63, 3.8) is 0 Å². The highest BCUT2D eigenvalue weighted by Crippen LogP contribution is 2.27. The van der Waals surface area contributed by atoms with Crippen molar-refractivity contribution in [2.24, 2.45) is 10.2 Å². The normalized spacial score (nSPS) is 11.4. The van der Waals surface area contributed by atoms with Crippen LogP contribution in [0.15, 0.2) is 46.8 Å². The molecule has 116 valence electrons. The van der Waals surface area contributed by atoms with E-state index in [1.54, 1.807) is 10.5 Å². The summed E-state index contributed by atoms with van der Waals surface area (Å²) in [4.78, 5) is 15.5. The molecule has 0 radical (unpaired) electrons. The van der Waals surface area contributed by atoms with Gasteiger partial charge in [-0.3, -0.25) is 4.40 Å². The molecule has 23 heavy (non-hydrogen) atoms. The van der Waals surface area contributed by atoms with Crippen LogP contribution in [0.1, 0.15) is 27.2 Å². The summed E-state index contributed by atoms with van der Waals surface area (Å²) in [7, 11) is 0. The Morgan fingerprint density at radius 2 is 1.78 bits per heavy atom. The number of fused-ring (bicyclic) bond motifs is 1. The van der Waals surface area contributed by atoms with Crippen LogP contribution in [0.5, 0.6) is 0 Å². The zero-order chi connectivity index (χ0) is 16.6. The van der Waals surface area contributed by atoms with Gasteiger partial charge in [-0.05, 0) is 44.0 Å². The number of pyridine rings is 1. The fourth-order valence-corrected chi connectivity index (χ4v) is 2.46. The number of hydrogen-bond acceptors (Lipinski definition) is 4. The number of benzene rings is 1. The quantitative estimate of drug-likeness (QED) is 0.729. The lowest BCUT2D eigenvalue weighted by molar-refractivity contribution is 0.0696. The number of aryl methyl sites for hydroxylation is 3. The number of aromatic nitrogens is 2. The monoisotopic (exact) mass is 308 g/mol. The first-order chi connectivity index (χ1) is 11.0. The maximum absolute atomic E-state index is 11.1. The Hall–Kier alpha value is -3.02. The van der Waals surface area contributed by atoms with Gasteiger partial charge in [0.1, 0.15) is 5.65 Å². The van der Waals surface area contributed by atoms with Crippen LogP contribution < -0.4 is 0 Å². The molecule has 0 atom stereocenters. The van der Waals surface area contributed by atoms with Gasteiger partial charge < -0.3 is 5.11 Å². The van der Waals surface area contributed by atoms with Crippen molar-refractivity contribution in [1.82, 2.24) is 9.38 Å². The molecule has 6 nitrogen and oxygen atoms in total. The first-order valence-electron chi connectivity index (χ1n) is 7.17. The fourth-order valence-electron chi connectivity index (χ4n) is 2.46. The summed E-state index contributed by atoms with van der Waals surface area (Å²) in [6.45, 7) is 5.78. The van der Waals surface area contributed by atoms with E-state index >= 15 is 0 Å². The third-order valence-corrected chi connectivity index (χ3v) is 3.69. The van der Waals surface area contributed by atoms with Crippen LogP contribution in [0.2, 0.25) is 0 Å². The number of nitrogens with zero attached hydrogens (tertiary/aromatic N) is 4. The number of azo groups is 1. The van der Waals surface area contributed by atoms with Crippen molar-refractivity contribution >= 4 is 23.1 Å². The van der Waals surface area contributed by atoms with Crippen LogP contribution in [0, 0.1) is 20.8 Å². The predicted molar refractivity (Wildman–Crippen MR) is 87.0 cm³/mol. The van der Waals surface area contributed by atoms with E-state index in [0.29, 0.717) is 17.2 Å². The maximum atomic E-state index is 11.1. The standard InChI is InChI=1S/C17H16N4O2/c1-10-5-4-6-11(2)15(10)19-20-16-12(3)18-14-8-7-13(17(22)23)9-21(14)16/h4-9H,1-3H3,(H,22,23). The Labute approximate surface area is 133 Å². The van der Waals surface area contributed by atoms with Gasteiger partial charge in [-0.1, -0.05) is 18.2 Å². The largest absolute Gasteiger partial charge is 0.478 e. The smallest absolute Gasteiger partial charge is 0.337 e. The van der Waals surface area contributed by atoms with Crippen LogP contribution in [0.3, 0.4) is 0 Å². The topological polar surface area (TPSA) is 79.3 Å². The number of carboxylic acid groups (broad SMARTS) is 1. The lowest BCUT2D eigenvalue weighted by Gasteiger charge is -2.03. The summed E-state index contributed by atoms with van der Waals surface area (Å²) in [6, 6.07) is 9.11. The van der Waals surface area contributed by atoms with Crippen LogP contribution in [-0.2, 0) is 0 Å². The number of carbonyl (C=O) groups is 1. The molecule has 0 saturated carbocycles. The zero-order valence-corrected chi connectivity index (χ0v) is 13.1. The third kappa shape index (κ3) is 2.70. The second-order valence-corrected chi connectivity index (χ2v) is 5.41. The molecule has 3 aromatic rings. The summed E-state index contributed by atoms with van der Waals surface area (Å²) < 4.78 is 1.65. The minimum atomic E-state index is -0.990. The maximum Gasteiger partial charge on any atom is 0.337 e. The second-order valence-electron chi connectivity index (χ2n) is 5.41. The van der Waals surface area contributed by atoms with Crippen LogP contribution in [0.25, 0.3) is 5.65 Å². The van der Waals surface area contributed by atoms with Crippen molar-refractivity contribution in [3.8, 4) is 0 Å². The van der Waals surface area contributed by atoms with E-state index in [1.807, 2.05) is 39.0 Å². The van der Waals surface area contributed by atoms with E-state index in [4.69, 9.17) is 5.11 Å². The lowest BCUT2D eigenvalue weighted by Crippen LogP contribution is -1.98. The lowest BCUT2D eigenvalue weighted by atomic mass is 10.1. The first-order valence-corrected chi connectivity index (χ1v) is 7.17. The van der Waals surface area contributed by atoms with Gasteiger partial charge in [0.05, 0.1) is 16.9 Å². The van der Waals surface area contributed by atoms with Crippen molar-refractivity contribution < 1.29 is 9.90 Å². The molecule has 3 rings (SSSR count). The summed E-state index contributed by atoms with van der Waals surface area (Å²) in [5.41, 5.74) is 4.40. The Morgan fingerprint density at radius 1 is 1.09 bits per heavy atom. The highest BCUT2D eigenvalue weighted by Gasteiger charge is 2.11. The van der Waals surface area contributed by atoms with Gasteiger partial charge in [-0.25, -0.2) is 9.78 Å². The summed E-state index contributed by atoms with van der Waals surface area (Å²) in [6.07, 6.45) is 1.51. The molecular formula is C17H16N4O2. The van der Waals surface area contributed by atoms with Crippen molar-refractivity contribution in [3.05, 3.63) is 58.9 Å². The molecule has 0 aliphatic rings. The first kappa shape index (κ1) is 14.9. The van der Waals surface area contributed by atoms with Gasteiger partial charge in [0.15, 0.2) is 5.82 Å². The van der Waals surface area contributed by atoms with Crippen molar-refractivity contribution in [2.75, 3.05) is 0 Å². The van der Waals surface area contributed by atoms with E-state index < -0.39 is 5.97 Å². The molecule has 6 heteroatoms. The number of imidazole rings is 1. The van der Waals surface area contributed by atoms with Gasteiger partial charge in [-0.2, -0.15) is 0 Å². The molecule has 0 unspecified atom stereocenters. The second kappa shape index (κ2) is 5.64. The molecule has 0 bridgehead atoms. The number of carboxylic acids is 1. The van der Waals surface area contributed by atoms with E-state index in [0.717, 1.165) is 16.8 Å². The highest BCUT2D eigenvalue weighted by molar-refractivity contribution is 5.87. The number of rotatable bonds is 3. The van der Waals surface area contributed by atoms with E-state index in [9.17, 15) is 4.79 Å². The van der Waals surface area contributed by atoms with E-state index in [1.165, 1.54) is 12.3 Å². The molecule has 2 heterocycles. The van der Waals surface area contributed by atoms with E-state index in [-0.39, 0.29) is 5.56 Å². The summed E-state index contributed by atoms with van der Waals surface area (Å²) in [5, 5.41) is 17.8. The Bertz CT molecular complexity index is 921. The van der Waals surface area contributed by atoms with Gasteiger partial charge in [-0.15, -0.1) is 10.2 Å². The average Bonchev–Trinajstić information content (AvgIpc) is 2.81. The SMILES string of the molecule is Cc1cccc(C)c1N=Nc1c(C)nc2ccc(C(=O)O)cn12. The van der Waals surface area contributed by atoms with Gasteiger partial charge in [0, 0.05) is 6.20 Å². The molecular weight excluding hydrogens is 292 g/mol. The van der Waals surface area contributed by atoms with Crippen LogP contribution >= 0.6 is 0 Å². The minimum absolute atomic E-state index is 0.179. The van der Waals surface area contributed by atoms with Crippen molar-refractivity contribution in [1.29, 1.82) is 0 Å². The Morgan fingerprint density at radius 3 is 2.43 bits per heavy atom. The molecule has 1 N–H and O–H groups in total. The molecule has 2 aromatic heterocycles. The molecule has 0 aliphatic carbocycles. The zero-order valence-electron chi connectivity index (χ0n) is 13.1. The number of aromatic carboxylic acids is 1. The Kier molecular flexibility index (Phi) is 3.65.